The van der Waals surface area contributed by atoms with E-state index in [0.717, 1.165) is 0 Å². The van der Waals surface area contributed by atoms with E-state index in [2.05, 4.69) is 15.9 Å². The van der Waals surface area contributed by atoms with Gasteiger partial charge in [0.1, 0.15) is 5.69 Å². The van der Waals surface area contributed by atoms with Crippen molar-refractivity contribution in [2.24, 2.45) is 0 Å². The molecule has 0 fully saturated rings. The van der Waals surface area contributed by atoms with Crippen molar-refractivity contribution in [3.63, 3.8) is 0 Å². The van der Waals surface area contributed by atoms with E-state index in [9.17, 15) is 22.4 Å². The Morgan fingerprint density at radius 2 is 2.17 bits per heavy atom. The lowest BCUT2D eigenvalue weighted by Gasteiger charge is -2.16. The van der Waals surface area contributed by atoms with Crippen molar-refractivity contribution in [1.82, 2.24) is 9.88 Å². The molecule has 0 spiro atoms. The van der Waals surface area contributed by atoms with Gasteiger partial charge in [-0.15, -0.1) is 0 Å². The van der Waals surface area contributed by atoms with Crippen molar-refractivity contribution < 1.29 is 22.4 Å². The summed E-state index contributed by atoms with van der Waals surface area (Å²) < 4.78 is 51.2. The van der Waals surface area contributed by atoms with Crippen LogP contribution in [0.15, 0.2) is 16.7 Å². The monoisotopic (exact) mass is 330 g/mol. The van der Waals surface area contributed by atoms with Crippen LogP contribution in [0, 0.1) is 0 Å². The van der Waals surface area contributed by atoms with Gasteiger partial charge in [-0.25, -0.2) is 8.78 Å². The fourth-order valence-electron chi connectivity index (χ4n) is 1.29. The Hall–Kier alpha value is -1.05. The molecule has 0 unspecified atom stereocenters. The Labute approximate surface area is 109 Å². The Balaban J connectivity index is 2.71. The standard InChI is InChI=1S/C10H11BrF4N2O/c1-2-17-4-6(11)3-7(17)8(18)16-5-10(14,15)9(12)13/h3-4,9H,2,5H2,1H3,(H,16,18). The van der Waals surface area contributed by atoms with Gasteiger partial charge >= 0.3 is 12.3 Å². The molecule has 18 heavy (non-hydrogen) atoms. The van der Waals surface area contributed by atoms with Crippen molar-refractivity contribution in [2.75, 3.05) is 6.54 Å². The molecule has 102 valence electrons. The smallest absolute Gasteiger partial charge is 0.324 e. The third kappa shape index (κ3) is 3.47. The third-order valence-electron chi connectivity index (χ3n) is 2.24. The third-order valence-corrected chi connectivity index (χ3v) is 2.67. The lowest BCUT2D eigenvalue weighted by molar-refractivity contribution is -0.123. The molecule has 0 aliphatic heterocycles. The first kappa shape index (κ1) is 15.0. The average Bonchev–Trinajstić information content (AvgIpc) is 2.67. The van der Waals surface area contributed by atoms with Gasteiger partial charge in [0.25, 0.3) is 5.91 Å². The molecule has 0 saturated heterocycles. The number of halogens is 5. The van der Waals surface area contributed by atoms with Gasteiger partial charge in [-0.3, -0.25) is 4.79 Å². The van der Waals surface area contributed by atoms with Crippen LogP contribution in [0.1, 0.15) is 17.4 Å². The molecule has 1 heterocycles. The molecule has 1 N–H and O–H groups in total. The van der Waals surface area contributed by atoms with E-state index in [0.29, 0.717) is 11.0 Å². The van der Waals surface area contributed by atoms with E-state index in [4.69, 9.17) is 0 Å². The van der Waals surface area contributed by atoms with Crippen LogP contribution in [0.25, 0.3) is 0 Å². The zero-order valence-corrected chi connectivity index (χ0v) is 11.0. The molecule has 0 bridgehead atoms. The average molecular weight is 331 g/mol. The number of hydrogen-bond donors (Lipinski definition) is 1. The highest BCUT2D eigenvalue weighted by Crippen LogP contribution is 2.22. The summed E-state index contributed by atoms with van der Waals surface area (Å²) in [5.41, 5.74) is 0.134. The molecule has 3 nitrogen and oxygen atoms in total. The number of nitrogens with zero attached hydrogens (tertiary/aromatic N) is 1. The Morgan fingerprint density at radius 1 is 1.56 bits per heavy atom. The van der Waals surface area contributed by atoms with Crippen molar-refractivity contribution in [3.8, 4) is 0 Å². The van der Waals surface area contributed by atoms with Gasteiger partial charge in [0, 0.05) is 17.2 Å². The Bertz CT molecular complexity index is 434. The van der Waals surface area contributed by atoms with Crippen molar-refractivity contribution in [1.29, 1.82) is 0 Å². The number of rotatable bonds is 5. The number of hydrogen-bond acceptors (Lipinski definition) is 1. The lowest BCUT2D eigenvalue weighted by atomic mass is 10.3. The van der Waals surface area contributed by atoms with Crippen LogP contribution in [0.2, 0.25) is 0 Å². The van der Waals surface area contributed by atoms with Crippen LogP contribution in [0.3, 0.4) is 0 Å². The van der Waals surface area contributed by atoms with E-state index >= 15 is 0 Å². The van der Waals surface area contributed by atoms with Gasteiger partial charge in [-0.1, -0.05) is 0 Å². The molecule has 0 aliphatic carbocycles. The molecule has 1 aromatic rings. The van der Waals surface area contributed by atoms with Crippen LogP contribution < -0.4 is 5.32 Å². The van der Waals surface area contributed by atoms with Gasteiger partial charge in [-0.2, -0.15) is 8.78 Å². The Kier molecular flexibility index (Phi) is 4.78. The maximum atomic E-state index is 12.6. The summed E-state index contributed by atoms with van der Waals surface area (Å²) in [5, 5.41) is 1.80. The highest BCUT2D eigenvalue weighted by molar-refractivity contribution is 9.10. The summed E-state index contributed by atoms with van der Waals surface area (Å²) >= 11 is 3.14. The second kappa shape index (κ2) is 5.73. The predicted octanol–water partition coefficient (Wildman–Crippen LogP) is 2.90. The summed E-state index contributed by atoms with van der Waals surface area (Å²) in [6, 6.07) is 1.43. The summed E-state index contributed by atoms with van der Waals surface area (Å²) in [4.78, 5) is 11.6. The Morgan fingerprint density at radius 3 is 2.67 bits per heavy atom. The highest BCUT2D eigenvalue weighted by atomic mass is 79.9. The highest BCUT2D eigenvalue weighted by Gasteiger charge is 2.41. The minimum absolute atomic E-state index is 0.134. The zero-order chi connectivity index (χ0) is 13.9. The quantitative estimate of drug-likeness (QED) is 0.827. The molecule has 0 aliphatic rings. The number of aryl methyl sites for hydroxylation is 1. The van der Waals surface area contributed by atoms with Crippen LogP contribution in [0.4, 0.5) is 17.6 Å². The molecule has 0 aromatic carbocycles. The summed E-state index contributed by atoms with van der Waals surface area (Å²) in [6.07, 6.45) is -2.21. The molecular formula is C10H11BrF4N2O. The molecule has 1 amide bonds. The second-order valence-corrected chi connectivity index (χ2v) is 4.49. The SMILES string of the molecule is CCn1cc(Br)cc1C(=O)NCC(F)(F)C(F)F. The topological polar surface area (TPSA) is 34.0 Å². The first-order valence-electron chi connectivity index (χ1n) is 5.07. The molecule has 1 aromatic heterocycles. The van der Waals surface area contributed by atoms with Crippen molar-refractivity contribution >= 4 is 21.8 Å². The van der Waals surface area contributed by atoms with E-state index in [1.165, 1.54) is 10.6 Å². The summed E-state index contributed by atoms with van der Waals surface area (Å²) in [6.45, 7) is 0.826. The second-order valence-electron chi connectivity index (χ2n) is 3.57. The van der Waals surface area contributed by atoms with Gasteiger partial charge in [0.05, 0.1) is 6.54 Å². The fraction of sp³-hybridized carbons (Fsp3) is 0.500. The van der Waals surface area contributed by atoms with Crippen LogP contribution >= 0.6 is 15.9 Å². The first-order valence-corrected chi connectivity index (χ1v) is 5.87. The number of carbonyl (C=O) groups excluding carboxylic acids is 1. The number of amides is 1. The zero-order valence-electron chi connectivity index (χ0n) is 9.39. The molecule has 1 rings (SSSR count). The molecule has 0 atom stereocenters. The van der Waals surface area contributed by atoms with Crippen LogP contribution in [-0.2, 0) is 6.54 Å². The van der Waals surface area contributed by atoms with E-state index in [1.807, 2.05) is 0 Å². The van der Waals surface area contributed by atoms with Crippen LogP contribution in [-0.4, -0.2) is 29.4 Å². The number of nitrogens with one attached hydrogen (secondary N) is 1. The largest absolute Gasteiger partial charge is 0.344 e. The lowest BCUT2D eigenvalue weighted by Crippen LogP contribution is -2.41. The first-order chi connectivity index (χ1) is 8.27. The van der Waals surface area contributed by atoms with E-state index in [-0.39, 0.29) is 5.69 Å². The van der Waals surface area contributed by atoms with Gasteiger partial charge in [0.2, 0.25) is 0 Å². The molecule has 0 saturated carbocycles. The molecular weight excluding hydrogens is 320 g/mol. The van der Waals surface area contributed by atoms with E-state index in [1.54, 1.807) is 18.4 Å². The molecule has 0 radical (unpaired) electrons. The predicted molar refractivity (Wildman–Crippen MR) is 61.1 cm³/mol. The minimum Gasteiger partial charge on any atom is -0.344 e. The van der Waals surface area contributed by atoms with Gasteiger partial charge in [-0.05, 0) is 28.9 Å². The van der Waals surface area contributed by atoms with Gasteiger partial charge in [0.15, 0.2) is 0 Å². The summed E-state index contributed by atoms with van der Waals surface area (Å²) in [7, 11) is 0. The normalized spacial score (nSPS) is 11.9. The number of aromatic nitrogens is 1. The maximum Gasteiger partial charge on any atom is 0.324 e. The maximum absolute atomic E-state index is 12.6. The minimum atomic E-state index is -4.23. The fourth-order valence-corrected chi connectivity index (χ4v) is 1.76. The van der Waals surface area contributed by atoms with E-state index < -0.39 is 24.8 Å². The summed E-state index contributed by atoms with van der Waals surface area (Å²) in [5.74, 6) is -5.04. The van der Waals surface area contributed by atoms with Gasteiger partial charge < -0.3 is 9.88 Å². The van der Waals surface area contributed by atoms with Crippen molar-refractivity contribution in [2.45, 2.75) is 25.8 Å². The van der Waals surface area contributed by atoms with Crippen molar-refractivity contribution in [3.05, 3.63) is 22.4 Å². The number of carbonyl (C=O) groups is 1. The molecule has 8 heteroatoms. The number of alkyl halides is 4. The van der Waals surface area contributed by atoms with Crippen LogP contribution in [0.5, 0.6) is 0 Å².